The fourth-order valence-corrected chi connectivity index (χ4v) is 3.43. The van der Waals surface area contributed by atoms with Gasteiger partial charge in [0, 0.05) is 23.9 Å². The summed E-state index contributed by atoms with van der Waals surface area (Å²) in [5.41, 5.74) is 1.68. The van der Waals surface area contributed by atoms with Gasteiger partial charge in [-0.2, -0.15) is 0 Å². The van der Waals surface area contributed by atoms with E-state index in [1.54, 1.807) is 0 Å². The molecule has 1 aliphatic carbocycles. The fourth-order valence-electron chi connectivity index (χ4n) is 2.06. The summed E-state index contributed by atoms with van der Waals surface area (Å²) in [4.78, 5) is 6.34. The summed E-state index contributed by atoms with van der Waals surface area (Å²) in [7, 11) is 0. The zero-order chi connectivity index (χ0) is 13.2. The molecule has 0 atom stereocenters. The first-order chi connectivity index (χ1) is 8.48. The predicted octanol–water partition coefficient (Wildman–Crippen LogP) is 3.94. The average molecular weight is 266 g/mol. The van der Waals surface area contributed by atoms with Gasteiger partial charge in [0.1, 0.15) is 0 Å². The summed E-state index contributed by atoms with van der Waals surface area (Å²) in [5.74, 6) is 0. The van der Waals surface area contributed by atoms with E-state index in [2.05, 4.69) is 33.0 Å². The molecule has 0 radical (unpaired) electrons. The number of aromatic nitrogens is 1. The largest absolute Gasteiger partial charge is 0.309 e. The Hall–Kier alpha value is -0.410. The van der Waals surface area contributed by atoms with Crippen molar-refractivity contribution in [3.05, 3.63) is 15.6 Å². The number of hydrogen-bond donors (Lipinski definition) is 1. The van der Waals surface area contributed by atoms with Crippen LogP contribution in [-0.4, -0.2) is 11.0 Å². The molecule has 0 aliphatic heterocycles. The second kappa shape index (κ2) is 5.70. The second-order valence-corrected chi connectivity index (χ2v) is 7.79. The first-order valence-corrected chi connectivity index (χ1v) is 8.00. The molecule has 1 heterocycles. The lowest BCUT2D eigenvalue weighted by atomic mass is 9.93. The first kappa shape index (κ1) is 14.0. The smallest absolute Gasteiger partial charge is 0.0936 e. The minimum atomic E-state index is 0.336. The molecule has 0 bridgehead atoms. The molecule has 1 aromatic heterocycles. The van der Waals surface area contributed by atoms with Crippen molar-refractivity contribution in [2.24, 2.45) is 5.41 Å². The number of hydrogen-bond acceptors (Lipinski definition) is 3. The number of nitrogens with one attached hydrogen (secondary N) is 1. The highest BCUT2D eigenvalue weighted by molar-refractivity contribution is 7.11. The van der Waals surface area contributed by atoms with Gasteiger partial charge in [-0.3, -0.25) is 0 Å². The van der Waals surface area contributed by atoms with Gasteiger partial charge >= 0.3 is 0 Å². The summed E-state index contributed by atoms with van der Waals surface area (Å²) in [6.45, 7) is 10.1. The van der Waals surface area contributed by atoms with Gasteiger partial charge in [-0.05, 0) is 24.7 Å². The maximum absolute atomic E-state index is 4.86. The van der Waals surface area contributed by atoms with E-state index >= 15 is 0 Å². The summed E-state index contributed by atoms with van der Waals surface area (Å²) in [5, 5.41) is 4.94. The van der Waals surface area contributed by atoms with Crippen molar-refractivity contribution in [3.8, 4) is 0 Å². The number of aryl methyl sites for hydroxylation is 1. The van der Waals surface area contributed by atoms with Crippen molar-refractivity contribution in [2.75, 3.05) is 0 Å². The molecular formula is C15H26N2S. The van der Waals surface area contributed by atoms with Crippen molar-refractivity contribution in [2.45, 2.75) is 72.4 Å². The molecule has 1 N–H and O–H groups in total. The van der Waals surface area contributed by atoms with Crippen LogP contribution in [0, 0.1) is 5.41 Å². The van der Waals surface area contributed by atoms with Crippen molar-refractivity contribution < 1.29 is 0 Å². The third-order valence-electron chi connectivity index (χ3n) is 3.12. The van der Waals surface area contributed by atoms with Crippen LogP contribution in [0.15, 0.2) is 0 Å². The Labute approximate surface area is 115 Å². The first-order valence-electron chi connectivity index (χ1n) is 7.19. The lowest BCUT2D eigenvalue weighted by Gasteiger charge is -2.15. The van der Waals surface area contributed by atoms with Gasteiger partial charge < -0.3 is 5.32 Å². The van der Waals surface area contributed by atoms with Crippen LogP contribution >= 0.6 is 11.3 Å². The summed E-state index contributed by atoms with van der Waals surface area (Å²) in [6, 6.07) is 0.785. The van der Waals surface area contributed by atoms with Gasteiger partial charge in [-0.25, -0.2) is 4.98 Å². The maximum Gasteiger partial charge on any atom is 0.0936 e. The van der Waals surface area contributed by atoms with E-state index in [0.29, 0.717) is 5.41 Å². The Bertz CT molecular complexity index is 386. The van der Waals surface area contributed by atoms with Gasteiger partial charge in [-0.1, -0.05) is 34.1 Å². The van der Waals surface area contributed by atoms with Crippen LogP contribution in [0.5, 0.6) is 0 Å². The lowest BCUT2D eigenvalue weighted by molar-refractivity contribution is 0.410. The molecule has 0 amide bonds. The minimum absolute atomic E-state index is 0.336. The molecule has 0 saturated heterocycles. The minimum Gasteiger partial charge on any atom is -0.309 e. The van der Waals surface area contributed by atoms with E-state index in [0.717, 1.165) is 25.4 Å². The second-order valence-electron chi connectivity index (χ2n) is 6.62. The van der Waals surface area contributed by atoms with Crippen LogP contribution in [0.25, 0.3) is 0 Å². The van der Waals surface area contributed by atoms with E-state index in [1.165, 1.54) is 34.8 Å². The zero-order valence-corrected chi connectivity index (χ0v) is 13.0. The number of rotatable bonds is 6. The molecule has 1 aromatic rings. The molecule has 18 heavy (non-hydrogen) atoms. The molecule has 0 aromatic carbocycles. The molecule has 1 fully saturated rings. The van der Waals surface area contributed by atoms with Crippen LogP contribution in [0.3, 0.4) is 0 Å². The molecule has 1 saturated carbocycles. The molecule has 2 nitrogen and oxygen atoms in total. The number of nitrogens with zero attached hydrogens (tertiary/aromatic N) is 1. The van der Waals surface area contributed by atoms with Crippen molar-refractivity contribution >= 4 is 11.3 Å². The normalized spacial score (nSPS) is 16.2. The van der Waals surface area contributed by atoms with Crippen LogP contribution in [-0.2, 0) is 19.4 Å². The van der Waals surface area contributed by atoms with Crippen LogP contribution in [0.4, 0.5) is 0 Å². The van der Waals surface area contributed by atoms with Gasteiger partial charge in [-0.15, -0.1) is 11.3 Å². The van der Waals surface area contributed by atoms with E-state index in [1.807, 2.05) is 11.3 Å². The molecule has 2 rings (SSSR count). The van der Waals surface area contributed by atoms with E-state index in [9.17, 15) is 0 Å². The van der Waals surface area contributed by atoms with Gasteiger partial charge in [0.2, 0.25) is 0 Å². The Balaban J connectivity index is 2.04. The van der Waals surface area contributed by atoms with E-state index in [-0.39, 0.29) is 0 Å². The Kier molecular flexibility index (Phi) is 4.44. The Morgan fingerprint density at radius 3 is 2.61 bits per heavy atom. The van der Waals surface area contributed by atoms with Crippen molar-refractivity contribution in [3.63, 3.8) is 0 Å². The molecule has 0 spiro atoms. The third-order valence-corrected chi connectivity index (χ3v) is 4.22. The van der Waals surface area contributed by atoms with Crippen molar-refractivity contribution in [1.29, 1.82) is 0 Å². The topological polar surface area (TPSA) is 24.9 Å². The monoisotopic (exact) mass is 266 g/mol. The molecule has 102 valence electrons. The standard InChI is InChI=1S/C15H26N2S/c1-5-6-12-13(10-16-11-7-8-11)18-14(17-12)9-15(2,3)4/h11,16H,5-10H2,1-4H3. The highest BCUT2D eigenvalue weighted by Crippen LogP contribution is 2.28. The predicted molar refractivity (Wildman–Crippen MR) is 79.1 cm³/mol. The molecule has 0 unspecified atom stereocenters. The van der Waals surface area contributed by atoms with Gasteiger partial charge in [0.05, 0.1) is 10.7 Å². The lowest BCUT2D eigenvalue weighted by Crippen LogP contribution is -2.15. The quantitative estimate of drug-likeness (QED) is 0.843. The van der Waals surface area contributed by atoms with Crippen LogP contribution in [0.1, 0.15) is 62.5 Å². The van der Waals surface area contributed by atoms with Gasteiger partial charge in [0.25, 0.3) is 0 Å². The highest BCUT2D eigenvalue weighted by atomic mass is 32.1. The number of thiazole rings is 1. The summed E-state index contributed by atoms with van der Waals surface area (Å²) >= 11 is 1.92. The Morgan fingerprint density at radius 1 is 1.33 bits per heavy atom. The molecular weight excluding hydrogens is 240 g/mol. The average Bonchev–Trinajstić information content (AvgIpc) is 2.99. The SMILES string of the molecule is CCCc1nc(CC(C)(C)C)sc1CNC1CC1. The molecule has 1 aliphatic rings. The summed E-state index contributed by atoms with van der Waals surface area (Å²) < 4.78 is 0. The van der Waals surface area contributed by atoms with Gasteiger partial charge in [0.15, 0.2) is 0 Å². The Morgan fingerprint density at radius 2 is 2.06 bits per heavy atom. The maximum atomic E-state index is 4.86. The van der Waals surface area contributed by atoms with Crippen molar-refractivity contribution in [1.82, 2.24) is 10.3 Å². The third kappa shape index (κ3) is 4.36. The highest BCUT2D eigenvalue weighted by Gasteiger charge is 2.22. The van der Waals surface area contributed by atoms with E-state index in [4.69, 9.17) is 4.98 Å². The van der Waals surface area contributed by atoms with Crippen LogP contribution in [0.2, 0.25) is 0 Å². The van der Waals surface area contributed by atoms with Crippen LogP contribution < -0.4 is 5.32 Å². The fraction of sp³-hybridized carbons (Fsp3) is 0.800. The molecule has 3 heteroatoms. The zero-order valence-electron chi connectivity index (χ0n) is 12.2. The summed E-state index contributed by atoms with van der Waals surface area (Å²) in [6.07, 6.45) is 6.13. The van der Waals surface area contributed by atoms with E-state index < -0.39 is 0 Å².